The van der Waals surface area contributed by atoms with Gasteiger partial charge in [-0.3, -0.25) is 0 Å². The fourth-order valence-corrected chi connectivity index (χ4v) is 6.85. The minimum absolute atomic E-state index is 0.522. The van der Waals surface area contributed by atoms with Gasteiger partial charge >= 0.3 is 0 Å². The van der Waals surface area contributed by atoms with E-state index in [0.717, 1.165) is 88.4 Å². The maximum absolute atomic E-state index is 10.2. The van der Waals surface area contributed by atoms with Crippen LogP contribution in [-0.4, -0.2) is 0 Å². The van der Waals surface area contributed by atoms with E-state index < -0.39 is 0 Å². The summed E-state index contributed by atoms with van der Waals surface area (Å²) in [5.74, 6) is 0. The number of furan rings is 2. The first-order valence-electron chi connectivity index (χ1n) is 15.7. The van der Waals surface area contributed by atoms with Crippen LogP contribution in [0.1, 0.15) is 11.1 Å². The summed E-state index contributed by atoms with van der Waals surface area (Å²) >= 11 is 0. The van der Waals surface area contributed by atoms with Crippen molar-refractivity contribution in [3.05, 3.63) is 157 Å². The Kier molecular flexibility index (Phi) is 6.22. The van der Waals surface area contributed by atoms with Gasteiger partial charge in [0, 0.05) is 21.5 Å². The number of rotatable bonds is 4. The molecule has 9 rings (SSSR count). The average Bonchev–Trinajstić information content (AvgIpc) is 3.72. The third-order valence-corrected chi connectivity index (χ3v) is 9.15. The lowest BCUT2D eigenvalue weighted by Crippen LogP contribution is -1.91. The molecule has 0 aliphatic carbocycles. The Morgan fingerprint density at radius 1 is 0.354 bits per heavy atom. The second-order valence-corrected chi connectivity index (χ2v) is 11.9. The van der Waals surface area contributed by atoms with Crippen molar-refractivity contribution in [3.8, 4) is 56.6 Å². The number of nitriles is 2. The molecule has 48 heavy (non-hydrogen) atoms. The summed E-state index contributed by atoms with van der Waals surface area (Å²) in [4.78, 5) is 0. The molecule has 0 atom stereocenters. The second kappa shape index (κ2) is 10.9. The molecule has 0 saturated heterocycles. The van der Waals surface area contributed by atoms with Gasteiger partial charge in [-0.1, -0.05) is 78.9 Å². The first-order chi connectivity index (χ1) is 23.7. The quantitative estimate of drug-likeness (QED) is 0.198. The van der Waals surface area contributed by atoms with Crippen molar-refractivity contribution in [3.63, 3.8) is 0 Å². The maximum Gasteiger partial charge on any atom is 0.135 e. The molecular weight excluding hydrogens is 588 g/mol. The van der Waals surface area contributed by atoms with Crippen LogP contribution in [0.15, 0.2) is 154 Å². The van der Waals surface area contributed by atoms with Gasteiger partial charge in [0.2, 0.25) is 0 Å². The summed E-state index contributed by atoms with van der Waals surface area (Å²) in [7, 11) is 0. The third kappa shape index (κ3) is 4.44. The fourth-order valence-electron chi connectivity index (χ4n) is 6.85. The Hall–Kier alpha value is -6.88. The zero-order valence-electron chi connectivity index (χ0n) is 25.6. The minimum atomic E-state index is 0.522. The smallest absolute Gasteiger partial charge is 0.135 e. The lowest BCUT2D eigenvalue weighted by molar-refractivity contribution is 0.668. The molecule has 0 amide bonds. The molecule has 0 fully saturated rings. The van der Waals surface area contributed by atoms with Crippen molar-refractivity contribution in [2.45, 2.75) is 0 Å². The van der Waals surface area contributed by atoms with E-state index in [-0.39, 0.29) is 0 Å². The van der Waals surface area contributed by atoms with Gasteiger partial charge in [0.15, 0.2) is 0 Å². The summed E-state index contributed by atoms with van der Waals surface area (Å²) < 4.78 is 12.3. The van der Waals surface area contributed by atoms with Crippen LogP contribution < -0.4 is 0 Å². The van der Waals surface area contributed by atoms with Crippen LogP contribution in [0.5, 0.6) is 0 Å². The van der Waals surface area contributed by atoms with E-state index in [0.29, 0.717) is 11.1 Å². The number of benzene rings is 7. The van der Waals surface area contributed by atoms with Crippen molar-refractivity contribution in [1.29, 1.82) is 10.5 Å². The zero-order chi connectivity index (χ0) is 32.2. The third-order valence-electron chi connectivity index (χ3n) is 9.15. The summed E-state index contributed by atoms with van der Waals surface area (Å²) in [5.41, 5.74) is 12.1. The topological polar surface area (TPSA) is 73.9 Å². The second-order valence-electron chi connectivity index (χ2n) is 11.9. The van der Waals surface area contributed by atoms with E-state index in [1.807, 2.05) is 78.9 Å². The average molecular weight is 613 g/mol. The van der Waals surface area contributed by atoms with Gasteiger partial charge in [-0.05, 0) is 111 Å². The van der Waals surface area contributed by atoms with E-state index in [1.165, 1.54) is 0 Å². The van der Waals surface area contributed by atoms with Crippen LogP contribution in [0, 0.1) is 22.7 Å². The molecule has 9 aromatic rings. The first kappa shape index (κ1) is 27.4. The lowest BCUT2D eigenvalue weighted by Gasteiger charge is -2.15. The highest BCUT2D eigenvalue weighted by atomic mass is 16.3. The van der Waals surface area contributed by atoms with Crippen molar-refractivity contribution in [2.75, 3.05) is 0 Å². The first-order valence-corrected chi connectivity index (χ1v) is 15.7. The SMILES string of the molecule is N#Cc1cc(-c2ccccc2C#N)cc(-c2cc(-c3ccc4oc5ccccc5c4c3)ccc2-c2ccc3oc4ccccc4c3c2)c1. The number of nitrogens with zero attached hydrogens (tertiary/aromatic N) is 2. The number of fused-ring (bicyclic) bond motifs is 6. The number of hydrogen-bond donors (Lipinski definition) is 0. The van der Waals surface area contributed by atoms with E-state index in [1.54, 1.807) is 6.07 Å². The molecule has 2 aromatic heterocycles. The van der Waals surface area contributed by atoms with Gasteiger partial charge in [-0.15, -0.1) is 0 Å². The minimum Gasteiger partial charge on any atom is -0.456 e. The molecule has 7 aromatic carbocycles. The van der Waals surface area contributed by atoms with Crippen LogP contribution in [0.3, 0.4) is 0 Å². The van der Waals surface area contributed by atoms with Crippen molar-refractivity contribution in [1.82, 2.24) is 0 Å². The van der Waals surface area contributed by atoms with Crippen LogP contribution in [0.4, 0.5) is 0 Å². The molecule has 0 saturated carbocycles. The molecule has 0 N–H and O–H groups in total. The Labute approximate surface area is 275 Å². The summed E-state index contributed by atoms with van der Waals surface area (Å²) in [6.07, 6.45) is 0. The lowest BCUT2D eigenvalue weighted by atomic mass is 9.88. The van der Waals surface area contributed by atoms with Crippen molar-refractivity contribution in [2.24, 2.45) is 0 Å². The van der Waals surface area contributed by atoms with E-state index >= 15 is 0 Å². The molecular formula is C44H24N2O2. The van der Waals surface area contributed by atoms with E-state index in [4.69, 9.17) is 8.83 Å². The van der Waals surface area contributed by atoms with Gasteiger partial charge in [0.25, 0.3) is 0 Å². The van der Waals surface area contributed by atoms with Crippen LogP contribution in [0.25, 0.3) is 88.4 Å². The predicted octanol–water partition coefficient (Wildman–Crippen LogP) is 11.9. The van der Waals surface area contributed by atoms with E-state index in [9.17, 15) is 10.5 Å². The normalized spacial score (nSPS) is 11.3. The van der Waals surface area contributed by atoms with Gasteiger partial charge in [0.05, 0.1) is 23.3 Å². The van der Waals surface area contributed by atoms with Crippen molar-refractivity contribution < 1.29 is 8.83 Å². The molecule has 4 nitrogen and oxygen atoms in total. The van der Waals surface area contributed by atoms with Gasteiger partial charge in [0.1, 0.15) is 22.3 Å². The van der Waals surface area contributed by atoms with Crippen molar-refractivity contribution >= 4 is 43.9 Å². The fraction of sp³-hybridized carbons (Fsp3) is 0. The highest BCUT2D eigenvalue weighted by Gasteiger charge is 2.17. The Morgan fingerprint density at radius 3 is 1.58 bits per heavy atom. The summed E-state index contributed by atoms with van der Waals surface area (Å²) in [6.45, 7) is 0. The van der Waals surface area contributed by atoms with Crippen LogP contribution >= 0.6 is 0 Å². The molecule has 0 aliphatic heterocycles. The van der Waals surface area contributed by atoms with Crippen LogP contribution in [-0.2, 0) is 0 Å². The molecule has 0 bridgehead atoms. The maximum atomic E-state index is 10.2. The molecule has 222 valence electrons. The van der Waals surface area contributed by atoms with Gasteiger partial charge < -0.3 is 8.83 Å². The highest BCUT2D eigenvalue weighted by Crippen LogP contribution is 2.41. The largest absolute Gasteiger partial charge is 0.456 e. The molecule has 0 aliphatic rings. The number of para-hydroxylation sites is 2. The molecule has 0 spiro atoms. The van der Waals surface area contributed by atoms with Crippen LogP contribution in [0.2, 0.25) is 0 Å². The van der Waals surface area contributed by atoms with Gasteiger partial charge in [-0.25, -0.2) is 0 Å². The Bertz CT molecular complexity index is 2820. The molecule has 4 heteroatoms. The Balaban J connectivity index is 1.29. The highest BCUT2D eigenvalue weighted by molar-refractivity contribution is 6.08. The standard InChI is InChI=1S/C44H24N2O2/c45-25-27-19-32(34-8-2-1-7-31(34)26-46)21-33(20-27)38-22-28(29-14-17-43-39(23-29)36-9-3-5-11-41(36)47-43)13-16-35(38)30-15-18-44-40(24-30)37-10-4-6-12-42(37)48-44/h1-24H. The zero-order valence-corrected chi connectivity index (χ0v) is 25.6. The summed E-state index contributed by atoms with van der Waals surface area (Å²) in [5, 5.41) is 24.3. The van der Waals surface area contributed by atoms with E-state index in [2.05, 4.69) is 72.8 Å². The monoisotopic (exact) mass is 612 g/mol. The number of hydrogen-bond acceptors (Lipinski definition) is 4. The van der Waals surface area contributed by atoms with Gasteiger partial charge in [-0.2, -0.15) is 10.5 Å². The molecule has 0 unspecified atom stereocenters. The Morgan fingerprint density at radius 2 is 0.896 bits per heavy atom. The molecule has 2 heterocycles. The summed E-state index contributed by atoms with van der Waals surface area (Å²) in [6, 6.07) is 53.3. The predicted molar refractivity (Wildman–Crippen MR) is 192 cm³/mol. The molecule has 0 radical (unpaired) electrons.